The molecule has 0 fully saturated rings. The Labute approximate surface area is 104 Å². The molecule has 0 unspecified atom stereocenters. The van der Waals surface area contributed by atoms with Gasteiger partial charge in [0.2, 0.25) is 5.89 Å². The number of fused-ring (bicyclic) bond motifs is 1. The molecular formula is C14H13N3O. The van der Waals surface area contributed by atoms with E-state index in [0.717, 1.165) is 27.9 Å². The molecule has 1 aromatic carbocycles. The Morgan fingerprint density at radius 3 is 2.78 bits per heavy atom. The van der Waals surface area contributed by atoms with Gasteiger partial charge < -0.3 is 10.2 Å². The van der Waals surface area contributed by atoms with Crippen molar-refractivity contribution >= 4 is 11.1 Å². The third kappa shape index (κ3) is 1.76. The molecule has 3 aromatic rings. The average Bonchev–Trinajstić information content (AvgIpc) is 2.84. The van der Waals surface area contributed by atoms with Crippen molar-refractivity contribution in [2.75, 3.05) is 0 Å². The monoisotopic (exact) mass is 239 g/mol. The van der Waals surface area contributed by atoms with E-state index in [1.54, 1.807) is 6.20 Å². The largest absolute Gasteiger partial charge is 0.435 e. The van der Waals surface area contributed by atoms with E-state index in [9.17, 15) is 0 Å². The molecule has 0 bridgehead atoms. The zero-order chi connectivity index (χ0) is 12.5. The predicted molar refractivity (Wildman–Crippen MR) is 69.9 cm³/mol. The molecule has 0 amide bonds. The van der Waals surface area contributed by atoms with Crippen LogP contribution >= 0.6 is 0 Å². The number of aromatic nitrogens is 2. The number of nitrogens with two attached hydrogens (primary N) is 1. The average molecular weight is 239 g/mol. The fourth-order valence-electron chi connectivity index (χ4n) is 1.87. The summed E-state index contributed by atoms with van der Waals surface area (Å²) in [7, 11) is 0. The summed E-state index contributed by atoms with van der Waals surface area (Å²) in [5.41, 5.74) is 10.0. The molecule has 2 heterocycles. The maximum atomic E-state index is 5.70. The van der Waals surface area contributed by atoms with Crippen molar-refractivity contribution in [2.24, 2.45) is 5.73 Å². The summed E-state index contributed by atoms with van der Waals surface area (Å²) in [6, 6.07) is 9.69. The van der Waals surface area contributed by atoms with E-state index in [-0.39, 0.29) is 0 Å². The van der Waals surface area contributed by atoms with Crippen molar-refractivity contribution in [3.8, 4) is 11.6 Å². The van der Waals surface area contributed by atoms with Gasteiger partial charge in [-0.25, -0.2) is 4.98 Å². The predicted octanol–water partition coefficient (Wildman–Crippen LogP) is 2.66. The van der Waals surface area contributed by atoms with Crippen LogP contribution in [0.4, 0.5) is 0 Å². The van der Waals surface area contributed by atoms with Gasteiger partial charge in [0.25, 0.3) is 0 Å². The van der Waals surface area contributed by atoms with Gasteiger partial charge in [-0.05, 0) is 30.2 Å². The number of rotatable bonds is 2. The Bertz CT molecular complexity index is 686. The summed E-state index contributed by atoms with van der Waals surface area (Å²) in [6.07, 6.45) is 1.75. The van der Waals surface area contributed by atoms with Crippen LogP contribution < -0.4 is 5.73 Å². The minimum atomic E-state index is 0.486. The van der Waals surface area contributed by atoms with Crippen molar-refractivity contribution in [2.45, 2.75) is 13.5 Å². The first-order chi connectivity index (χ1) is 8.78. The summed E-state index contributed by atoms with van der Waals surface area (Å²) in [5.74, 6) is 0.544. The number of oxazole rings is 1. The van der Waals surface area contributed by atoms with Crippen molar-refractivity contribution in [3.63, 3.8) is 0 Å². The van der Waals surface area contributed by atoms with Crippen molar-refractivity contribution in [3.05, 3.63) is 47.7 Å². The SMILES string of the molecule is Cc1cccc2oc(-c3ccc(CN)cn3)nc12. The molecule has 18 heavy (non-hydrogen) atoms. The van der Waals surface area contributed by atoms with Crippen molar-refractivity contribution in [1.82, 2.24) is 9.97 Å². The molecule has 0 aliphatic heterocycles. The summed E-state index contributed by atoms with van der Waals surface area (Å²) < 4.78 is 5.70. The van der Waals surface area contributed by atoms with Crippen LogP contribution in [0.5, 0.6) is 0 Å². The maximum Gasteiger partial charge on any atom is 0.246 e. The molecule has 0 aliphatic rings. The Kier molecular flexibility index (Phi) is 2.57. The quantitative estimate of drug-likeness (QED) is 0.746. The van der Waals surface area contributed by atoms with Gasteiger partial charge in [-0.15, -0.1) is 0 Å². The van der Waals surface area contributed by atoms with Crippen LogP contribution in [-0.2, 0) is 6.54 Å². The number of para-hydroxylation sites is 1. The highest BCUT2D eigenvalue weighted by Gasteiger charge is 2.10. The van der Waals surface area contributed by atoms with Crippen molar-refractivity contribution < 1.29 is 4.42 Å². The highest BCUT2D eigenvalue weighted by atomic mass is 16.3. The highest BCUT2D eigenvalue weighted by Crippen LogP contribution is 2.24. The molecule has 4 nitrogen and oxygen atoms in total. The third-order valence-electron chi connectivity index (χ3n) is 2.90. The molecule has 90 valence electrons. The van der Waals surface area contributed by atoms with Crippen LogP contribution in [0.25, 0.3) is 22.7 Å². The van der Waals surface area contributed by atoms with E-state index >= 15 is 0 Å². The molecule has 0 atom stereocenters. The molecule has 4 heteroatoms. The van der Waals surface area contributed by atoms with Gasteiger partial charge in [0.05, 0.1) is 0 Å². The molecule has 0 radical (unpaired) electrons. The third-order valence-corrected chi connectivity index (χ3v) is 2.90. The lowest BCUT2D eigenvalue weighted by Gasteiger charge is -1.96. The van der Waals surface area contributed by atoms with E-state index in [2.05, 4.69) is 9.97 Å². The topological polar surface area (TPSA) is 64.9 Å². The molecule has 0 aliphatic carbocycles. The number of hydrogen-bond donors (Lipinski definition) is 1. The summed E-state index contributed by atoms with van der Waals surface area (Å²) >= 11 is 0. The smallest absolute Gasteiger partial charge is 0.246 e. The zero-order valence-electron chi connectivity index (χ0n) is 10.1. The molecule has 0 spiro atoms. The first-order valence-electron chi connectivity index (χ1n) is 5.79. The lowest BCUT2D eigenvalue weighted by Crippen LogP contribution is -1.96. The van der Waals surface area contributed by atoms with Crippen LogP contribution in [0.15, 0.2) is 40.9 Å². The zero-order valence-corrected chi connectivity index (χ0v) is 10.1. The Morgan fingerprint density at radius 1 is 1.22 bits per heavy atom. The minimum absolute atomic E-state index is 0.486. The fourth-order valence-corrected chi connectivity index (χ4v) is 1.87. The highest BCUT2D eigenvalue weighted by molar-refractivity contribution is 5.78. The first-order valence-corrected chi connectivity index (χ1v) is 5.79. The second kappa shape index (κ2) is 4.23. The van der Waals surface area contributed by atoms with E-state index in [0.29, 0.717) is 12.4 Å². The number of nitrogens with zero attached hydrogens (tertiary/aromatic N) is 2. The maximum absolute atomic E-state index is 5.70. The van der Waals surface area contributed by atoms with Crippen LogP contribution in [0.3, 0.4) is 0 Å². The fraction of sp³-hybridized carbons (Fsp3) is 0.143. The van der Waals surface area contributed by atoms with Crippen LogP contribution in [0.2, 0.25) is 0 Å². The lowest BCUT2D eigenvalue weighted by atomic mass is 10.2. The standard InChI is InChI=1S/C14H13N3O/c1-9-3-2-4-12-13(9)17-14(18-12)11-6-5-10(7-15)8-16-11/h2-6,8H,7,15H2,1H3. The van der Waals surface area contributed by atoms with Crippen molar-refractivity contribution in [1.29, 1.82) is 0 Å². The number of hydrogen-bond acceptors (Lipinski definition) is 4. The van der Waals surface area contributed by atoms with Crippen LogP contribution in [-0.4, -0.2) is 9.97 Å². The summed E-state index contributed by atoms with van der Waals surface area (Å²) in [6.45, 7) is 2.50. The van der Waals surface area contributed by atoms with E-state index in [4.69, 9.17) is 10.2 Å². The summed E-state index contributed by atoms with van der Waals surface area (Å²) in [4.78, 5) is 8.79. The Hall–Kier alpha value is -2.20. The van der Waals surface area contributed by atoms with E-state index in [1.807, 2.05) is 37.3 Å². The normalized spacial score (nSPS) is 11.0. The second-order valence-electron chi connectivity index (χ2n) is 4.20. The number of benzene rings is 1. The van der Waals surface area contributed by atoms with Gasteiger partial charge in [0.15, 0.2) is 5.58 Å². The van der Waals surface area contributed by atoms with Gasteiger partial charge in [-0.3, -0.25) is 4.98 Å². The molecule has 0 saturated heterocycles. The molecule has 2 aromatic heterocycles. The van der Waals surface area contributed by atoms with Gasteiger partial charge >= 0.3 is 0 Å². The first kappa shape index (κ1) is 10.9. The lowest BCUT2D eigenvalue weighted by molar-refractivity contribution is 0.616. The summed E-state index contributed by atoms with van der Waals surface area (Å²) in [5, 5.41) is 0. The molecule has 2 N–H and O–H groups in total. The second-order valence-corrected chi connectivity index (χ2v) is 4.20. The van der Waals surface area contributed by atoms with Crippen LogP contribution in [0, 0.1) is 6.92 Å². The van der Waals surface area contributed by atoms with E-state index < -0.39 is 0 Å². The molecular weight excluding hydrogens is 226 g/mol. The molecule has 0 saturated carbocycles. The Morgan fingerprint density at radius 2 is 2.11 bits per heavy atom. The number of pyridine rings is 1. The van der Waals surface area contributed by atoms with Crippen LogP contribution in [0.1, 0.15) is 11.1 Å². The van der Waals surface area contributed by atoms with Gasteiger partial charge in [-0.2, -0.15) is 0 Å². The van der Waals surface area contributed by atoms with E-state index in [1.165, 1.54) is 0 Å². The van der Waals surface area contributed by atoms with Gasteiger partial charge in [0.1, 0.15) is 11.2 Å². The molecule has 3 rings (SSSR count). The minimum Gasteiger partial charge on any atom is -0.435 e. The Balaban J connectivity index is 2.10. The van der Waals surface area contributed by atoms with Gasteiger partial charge in [-0.1, -0.05) is 18.2 Å². The number of aryl methyl sites for hydroxylation is 1. The van der Waals surface area contributed by atoms with Gasteiger partial charge in [0, 0.05) is 12.7 Å².